The van der Waals surface area contributed by atoms with Crippen LogP contribution < -0.4 is 0 Å². The third-order valence-electron chi connectivity index (χ3n) is 4.64. The van der Waals surface area contributed by atoms with Crippen LogP contribution in [0.25, 0.3) is 5.78 Å². The summed E-state index contributed by atoms with van der Waals surface area (Å²) in [5.41, 5.74) is 0.876. The molecule has 28 heavy (non-hydrogen) atoms. The average Bonchev–Trinajstić information content (AvgIpc) is 3.15. The van der Waals surface area contributed by atoms with Crippen molar-refractivity contribution in [3.8, 4) is 0 Å². The number of piperazine rings is 1. The minimum Gasteiger partial charge on any atom is -0.335 e. The summed E-state index contributed by atoms with van der Waals surface area (Å²) in [5, 5.41) is 4.20. The van der Waals surface area contributed by atoms with Crippen LogP contribution in [0, 0.1) is 18.6 Å². The molecule has 1 aliphatic rings. The smallest absolute Gasteiger partial charge is 0.293 e. The molecule has 0 unspecified atom stereocenters. The summed E-state index contributed by atoms with van der Waals surface area (Å²) in [4.78, 5) is 36.4. The van der Waals surface area contributed by atoms with Gasteiger partial charge in [-0.2, -0.15) is 4.98 Å². The fourth-order valence-electron chi connectivity index (χ4n) is 3.06. The monoisotopic (exact) mass is 386 g/mol. The molecule has 0 radical (unpaired) electrons. The SMILES string of the molecule is Cc1ccnc2nc(C(=O)N3CCN(C(=O)c4ccc(F)c(F)c4)CC3)nn12. The maximum atomic E-state index is 13.4. The van der Waals surface area contributed by atoms with Crippen molar-refractivity contribution in [2.45, 2.75) is 6.92 Å². The number of aryl methyl sites for hydroxylation is 1. The van der Waals surface area contributed by atoms with Crippen molar-refractivity contribution in [1.82, 2.24) is 29.4 Å². The minimum atomic E-state index is -1.07. The molecule has 2 aromatic heterocycles. The van der Waals surface area contributed by atoms with Gasteiger partial charge in [0.1, 0.15) is 0 Å². The van der Waals surface area contributed by atoms with Gasteiger partial charge < -0.3 is 9.80 Å². The number of fused-ring (bicyclic) bond motifs is 1. The van der Waals surface area contributed by atoms with Gasteiger partial charge in [-0.3, -0.25) is 9.59 Å². The highest BCUT2D eigenvalue weighted by atomic mass is 19.2. The summed E-state index contributed by atoms with van der Waals surface area (Å²) in [6.07, 6.45) is 1.59. The van der Waals surface area contributed by atoms with Crippen LogP contribution in [0.1, 0.15) is 26.7 Å². The molecule has 0 bridgehead atoms. The van der Waals surface area contributed by atoms with Gasteiger partial charge in [0.25, 0.3) is 17.6 Å². The zero-order chi connectivity index (χ0) is 19.8. The Morgan fingerprint density at radius 3 is 2.29 bits per heavy atom. The first-order valence-corrected chi connectivity index (χ1v) is 8.66. The standard InChI is InChI=1S/C18H16F2N6O2/c1-11-4-5-21-18-22-15(23-26(11)18)17(28)25-8-6-24(7-9-25)16(27)12-2-3-13(19)14(20)10-12/h2-5,10H,6-9H2,1H3. The summed E-state index contributed by atoms with van der Waals surface area (Å²) in [5.74, 6) is -2.43. The number of halogens is 2. The maximum absolute atomic E-state index is 13.4. The van der Waals surface area contributed by atoms with Crippen LogP contribution in [0.15, 0.2) is 30.5 Å². The Labute approximate surface area is 158 Å². The molecular weight excluding hydrogens is 370 g/mol. The lowest BCUT2D eigenvalue weighted by atomic mass is 10.1. The van der Waals surface area contributed by atoms with Gasteiger partial charge in [-0.1, -0.05) is 0 Å². The third-order valence-corrected chi connectivity index (χ3v) is 4.64. The van der Waals surface area contributed by atoms with Gasteiger partial charge in [0, 0.05) is 43.6 Å². The van der Waals surface area contributed by atoms with Crippen molar-refractivity contribution >= 4 is 17.6 Å². The van der Waals surface area contributed by atoms with Crippen LogP contribution in [-0.4, -0.2) is 67.4 Å². The van der Waals surface area contributed by atoms with E-state index in [1.807, 2.05) is 6.92 Å². The first-order valence-electron chi connectivity index (χ1n) is 8.66. The quantitative estimate of drug-likeness (QED) is 0.663. The largest absolute Gasteiger partial charge is 0.335 e. The van der Waals surface area contributed by atoms with Gasteiger partial charge in [-0.05, 0) is 31.2 Å². The molecule has 1 saturated heterocycles. The molecule has 1 aromatic carbocycles. The van der Waals surface area contributed by atoms with Crippen LogP contribution in [-0.2, 0) is 0 Å². The summed E-state index contributed by atoms with van der Waals surface area (Å²) in [7, 11) is 0. The highest BCUT2D eigenvalue weighted by molar-refractivity contribution is 5.95. The Morgan fingerprint density at radius 1 is 0.964 bits per heavy atom. The molecule has 1 fully saturated rings. The van der Waals surface area contributed by atoms with E-state index < -0.39 is 17.5 Å². The zero-order valence-electron chi connectivity index (χ0n) is 15.0. The number of benzene rings is 1. The van der Waals surface area contributed by atoms with E-state index in [0.717, 1.165) is 17.8 Å². The van der Waals surface area contributed by atoms with Crippen molar-refractivity contribution < 1.29 is 18.4 Å². The Hall–Kier alpha value is -3.43. The van der Waals surface area contributed by atoms with E-state index in [-0.39, 0.29) is 43.5 Å². The topological polar surface area (TPSA) is 83.7 Å². The number of aromatic nitrogens is 4. The summed E-state index contributed by atoms with van der Waals surface area (Å²) < 4.78 is 27.9. The lowest BCUT2D eigenvalue weighted by Gasteiger charge is -2.34. The fraction of sp³-hybridized carbons (Fsp3) is 0.278. The normalized spacial score (nSPS) is 14.5. The second-order valence-electron chi connectivity index (χ2n) is 6.45. The molecule has 144 valence electrons. The lowest BCUT2D eigenvalue weighted by Crippen LogP contribution is -2.50. The van der Waals surface area contributed by atoms with Crippen LogP contribution in [0.2, 0.25) is 0 Å². The lowest BCUT2D eigenvalue weighted by molar-refractivity contribution is 0.0528. The van der Waals surface area contributed by atoms with Crippen LogP contribution in [0.3, 0.4) is 0 Å². The number of carbonyl (C=O) groups is 2. The fourth-order valence-corrected chi connectivity index (χ4v) is 3.06. The number of amides is 2. The van der Waals surface area contributed by atoms with Crippen LogP contribution in [0.5, 0.6) is 0 Å². The predicted octanol–water partition coefficient (Wildman–Crippen LogP) is 1.31. The van der Waals surface area contributed by atoms with E-state index in [4.69, 9.17) is 0 Å². The average molecular weight is 386 g/mol. The van der Waals surface area contributed by atoms with Gasteiger partial charge in [-0.15, -0.1) is 5.10 Å². The molecule has 0 atom stereocenters. The molecule has 0 aliphatic carbocycles. The van der Waals surface area contributed by atoms with Gasteiger partial charge >= 0.3 is 0 Å². The molecule has 1 aliphatic heterocycles. The Morgan fingerprint density at radius 2 is 1.64 bits per heavy atom. The molecule has 3 heterocycles. The van der Waals surface area contributed by atoms with Crippen molar-refractivity contribution in [1.29, 1.82) is 0 Å². The van der Waals surface area contributed by atoms with Gasteiger partial charge in [-0.25, -0.2) is 18.3 Å². The number of hydrogen-bond acceptors (Lipinski definition) is 5. The van der Waals surface area contributed by atoms with Crippen LogP contribution in [0.4, 0.5) is 8.78 Å². The van der Waals surface area contributed by atoms with E-state index in [1.54, 1.807) is 17.2 Å². The van der Waals surface area contributed by atoms with E-state index in [1.165, 1.54) is 15.5 Å². The Balaban J connectivity index is 1.44. The van der Waals surface area contributed by atoms with Crippen molar-refractivity contribution in [3.05, 3.63) is 59.2 Å². The predicted molar refractivity (Wildman–Crippen MR) is 93.7 cm³/mol. The molecule has 4 rings (SSSR count). The number of nitrogens with zero attached hydrogens (tertiary/aromatic N) is 6. The van der Waals surface area contributed by atoms with E-state index in [9.17, 15) is 18.4 Å². The Bertz CT molecular complexity index is 1080. The van der Waals surface area contributed by atoms with E-state index >= 15 is 0 Å². The van der Waals surface area contributed by atoms with E-state index in [2.05, 4.69) is 15.1 Å². The third kappa shape index (κ3) is 3.17. The Kier molecular flexibility index (Phi) is 4.46. The molecule has 0 N–H and O–H groups in total. The molecule has 8 nitrogen and oxygen atoms in total. The number of rotatable bonds is 2. The second-order valence-corrected chi connectivity index (χ2v) is 6.45. The highest BCUT2D eigenvalue weighted by Crippen LogP contribution is 2.14. The molecule has 10 heteroatoms. The van der Waals surface area contributed by atoms with Crippen molar-refractivity contribution in [2.24, 2.45) is 0 Å². The molecular formula is C18H16F2N6O2. The van der Waals surface area contributed by atoms with Gasteiger partial charge in [0.15, 0.2) is 11.6 Å². The van der Waals surface area contributed by atoms with Crippen molar-refractivity contribution in [3.63, 3.8) is 0 Å². The summed E-state index contributed by atoms with van der Waals surface area (Å²) >= 11 is 0. The van der Waals surface area contributed by atoms with E-state index in [0.29, 0.717) is 5.78 Å². The second kappa shape index (κ2) is 6.95. The molecule has 2 amide bonds. The maximum Gasteiger partial charge on any atom is 0.293 e. The van der Waals surface area contributed by atoms with Crippen LogP contribution >= 0.6 is 0 Å². The summed E-state index contributed by atoms with van der Waals surface area (Å²) in [6.45, 7) is 2.95. The van der Waals surface area contributed by atoms with Gasteiger partial charge in [0.2, 0.25) is 5.82 Å². The number of hydrogen-bond donors (Lipinski definition) is 0. The first-order chi connectivity index (χ1) is 13.4. The summed E-state index contributed by atoms with van der Waals surface area (Å²) in [6, 6.07) is 4.81. The molecule has 0 spiro atoms. The highest BCUT2D eigenvalue weighted by Gasteiger charge is 2.28. The zero-order valence-corrected chi connectivity index (χ0v) is 15.0. The minimum absolute atomic E-state index is 0.0437. The number of carbonyl (C=O) groups excluding carboxylic acids is 2. The van der Waals surface area contributed by atoms with Crippen molar-refractivity contribution in [2.75, 3.05) is 26.2 Å². The van der Waals surface area contributed by atoms with Gasteiger partial charge in [0.05, 0.1) is 0 Å². The molecule has 3 aromatic rings. The molecule has 0 saturated carbocycles. The first kappa shape index (κ1) is 18.0.